The van der Waals surface area contributed by atoms with Crippen LogP contribution in [0.4, 0.5) is 0 Å². The number of ether oxygens (including phenoxy) is 2. The Morgan fingerprint density at radius 2 is 1.93 bits per heavy atom. The van der Waals surface area contributed by atoms with Gasteiger partial charge in [-0.15, -0.1) is 0 Å². The fourth-order valence-corrected chi connectivity index (χ4v) is 3.50. The van der Waals surface area contributed by atoms with Gasteiger partial charge in [0.15, 0.2) is 5.82 Å². The van der Waals surface area contributed by atoms with Gasteiger partial charge in [-0.05, 0) is 44.0 Å². The molecule has 1 saturated heterocycles. The van der Waals surface area contributed by atoms with Crippen LogP contribution in [0.25, 0.3) is 0 Å². The van der Waals surface area contributed by atoms with Gasteiger partial charge in [0.2, 0.25) is 5.88 Å². The second kappa shape index (κ2) is 7.90. The van der Waals surface area contributed by atoms with E-state index in [0.717, 1.165) is 24.3 Å². The Morgan fingerprint density at radius 3 is 2.62 bits per heavy atom. The van der Waals surface area contributed by atoms with Crippen molar-refractivity contribution in [3.63, 3.8) is 0 Å². The molecule has 0 spiro atoms. The maximum atomic E-state index is 12.9. The zero-order valence-electron chi connectivity index (χ0n) is 16.7. The minimum absolute atomic E-state index is 0.0525. The van der Waals surface area contributed by atoms with E-state index in [2.05, 4.69) is 15.1 Å². The lowest BCUT2D eigenvalue weighted by Gasteiger charge is -2.23. The lowest BCUT2D eigenvalue weighted by Crippen LogP contribution is -2.31. The Bertz CT molecular complexity index is 1020. The zero-order chi connectivity index (χ0) is 20.4. The van der Waals surface area contributed by atoms with Gasteiger partial charge in [-0.25, -0.2) is 4.98 Å². The Kier molecular flexibility index (Phi) is 5.16. The van der Waals surface area contributed by atoms with Crippen molar-refractivity contribution in [3.8, 4) is 17.4 Å². The number of hydrogen-bond acceptors (Lipinski definition) is 6. The molecule has 3 heterocycles. The van der Waals surface area contributed by atoms with Crippen LogP contribution >= 0.6 is 0 Å². The molecular weight excluding hydrogens is 370 g/mol. The number of aromatic nitrogens is 4. The van der Waals surface area contributed by atoms with Crippen LogP contribution in [-0.4, -0.2) is 44.2 Å². The van der Waals surface area contributed by atoms with Gasteiger partial charge in [-0.3, -0.25) is 9.48 Å². The van der Waals surface area contributed by atoms with E-state index in [1.165, 1.54) is 0 Å². The van der Waals surface area contributed by atoms with E-state index in [4.69, 9.17) is 9.47 Å². The quantitative estimate of drug-likeness (QED) is 0.661. The van der Waals surface area contributed by atoms with E-state index < -0.39 is 0 Å². The molecule has 1 amide bonds. The number of carbonyl (C=O) groups is 1. The Morgan fingerprint density at radius 1 is 1.17 bits per heavy atom. The highest BCUT2D eigenvalue weighted by Crippen LogP contribution is 2.33. The summed E-state index contributed by atoms with van der Waals surface area (Å²) in [6.07, 6.45) is 5.04. The van der Waals surface area contributed by atoms with Crippen LogP contribution in [0.15, 0.2) is 42.7 Å². The smallest absolute Gasteiger partial charge is 0.257 e. The molecule has 0 N–H and O–H groups in total. The zero-order valence-corrected chi connectivity index (χ0v) is 16.7. The lowest BCUT2D eigenvalue weighted by atomic mass is 10.2. The third-order valence-corrected chi connectivity index (χ3v) is 4.89. The second-order valence-electron chi connectivity index (χ2n) is 7.04. The summed E-state index contributed by atoms with van der Waals surface area (Å²) in [7, 11) is 3.42. The van der Waals surface area contributed by atoms with Gasteiger partial charge in [-0.2, -0.15) is 10.1 Å². The first-order valence-electron chi connectivity index (χ1n) is 9.50. The van der Waals surface area contributed by atoms with E-state index in [9.17, 15) is 4.79 Å². The normalized spacial score (nSPS) is 16.1. The highest BCUT2D eigenvalue weighted by Gasteiger charge is 2.33. The molecule has 1 aromatic carbocycles. The van der Waals surface area contributed by atoms with E-state index >= 15 is 0 Å². The van der Waals surface area contributed by atoms with Gasteiger partial charge in [0.25, 0.3) is 5.91 Å². The van der Waals surface area contributed by atoms with Gasteiger partial charge in [0.05, 0.1) is 24.9 Å². The first kappa shape index (κ1) is 18.9. The molecule has 150 valence electrons. The SMILES string of the molecule is COc1ccc(Oc2cc(C)nc([C@H]3CCCN3C(=O)c3cnn(C)c3)n2)cc1. The summed E-state index contributed by atoms with van der Waals surface area (Å²) < 4.78 is 12.7. The van der Waals surface area contributed by atoms with Gasteiger partial charge < -0.3 is 14.4 Å². The number of benzene rings is 1. The molecule has 29 heavy (non-hydrogen) atoms. The molecule has 2 aromatic heterocycles. The molecule has 0 saturated carbocycles. The molecule has 0 radical (unpaired) electrons. The summed E-state index contributed by atoms with van der Waals surface area (Å²) in [4.78, 5) is 24.0. The van der Waals surface area contributed by atoms with Crippen molar-refractivity contribution in [1.29, 1.82) is 0 Å². The summed E-state index contributed by atoms with van der Waals surface area (Å²) >= 11 is 0. The Balaban J connectivity index is 1.57. The van der Waals surface area contributed by atoms with Crippen molar-refractivity contribution in [2.45, 2.75) is 25.8 Å². The number of hydrogen-bond donors (Lipinski definition) is 0. The fraction of sp³-hybridized carbons (Fsp3) is 0.333. The van der Waals surface area contributed by atoms with E-state index in [1.807, 2.05) is 36.1 Å². The predicted molar refractivity (Wildman–Crippen MR) is 106 cm³/mol. The van der Waals surface area contributed by atoms with E-state index in [-0.39, 0.29) is 11.9 Å². The monoisotopic (exact) mass is 393 g/mol. The van der Waals surface area contributed by atoms with Crippen LogP contribution in [0.3, 0.4) is 0 Å². The molecule has 0 aliphatic carbocycles. The first-order valence-corrected chi connectivity index (χ1v) is 9.50. The van der Waals surface area contributed by atoms with Crippen LogP contribution < -0.4 is 9.47 Å². The highest BCUT2D eigenvalue weighted by molar-refractivity contribution is 5.94. The van der Waals surface area contributed by atoms with Crippen molar-refractivity contribution < 1.29 is 14.3 Å². The van der Waals surface area contributed by atoms with Crippen molar-refractivity contribution in [2.24, 2.45) is 7.05 Å². The molecule has 8 heteroatoms. The number of likely N-dealkylation sites (tertiary alicyclic amines) is 1. The van der Waals surface area contributed by atoms with Crippen molar-refractivity contribution in [2.75, 3.05) is 13.7 Å². The molecular formula is C21H23N5O3. The number of methoxy groups -OCH3 is 1. The Hall–Kier alpha value is -3.42. The van der Waals surface area contributed by atoms with E-state index in [0.29, 0.717) is 29.6 Å². The number of nitrogens with zero attached hydrogens (tertiary/aromatic N) is 5. The minimum Gasteiger partial charge on any atom is -0.497 e. The molecule has 1 aliphatic heterocycles. The summed E-state index contributed by atoms with van der Waals surface area (Å²) in [5.74, 6) is 2.42. The summed E-state index contributed by atoms with van der Waals surface area (Å²) in [5.41, 5.74) is 1.36. The number of aryl methyl sites for hydroxylation is 2. The van der Waals surface area contributed by atoms with Gasteiger partial charge in [-0.1, -0.05) is 0 Å². The van der Waals surface area contributed by atoms with Crippen LogP contribution in [0.1, 0.15) is 40.8 Å². The number of carbonyl (C=O) groups excluding carboxylic acids is 1. The van der Waals surface area contributed by atoms with Crippen LogP contribution in [-0.2, 0) is 7.05 Å². The maximum absolute atomic E-state index is 12.9. The van der Waals surface area contributed by atoms with Crippen molar-refractivity contribution in [1.82, 2.24) is 24.6 Å². The first-order chi connectivity index (χ1) is 14.0. The molecule has 0 unspecified atom stereocenters. The molecule has 1 fully saturated rings. The molecule has 8 nitrogen and oxygen atoms in total. The molecule has 0 bridgehead atoms. The standard InChI is InChI=1S/C21H23N5O3/c1-14-11-19(29-17-8-6-16(28-3)7-9-17)24-20(23-14)18-5-4-10-26(18)21(27)15-12-22-25(2)13-15/h6-9,11-13,18H,4-5,10H2,1-3H3/t18-/m1/s1. The maximum Gasteiger partial charge on any atom is 0.257 e. The van der Waals surface area contributed by atoms with Gasteiger partial charge >= 0.3 is 0 Å². The average Bonchev–Trinajstić information content (AvgIpc) is 3.37. The van der Waals surface area contributed by atoms with Crippen LogP contribution in [0.2, 0.25) is 0 Å². The van der Waals surface area contributed by atoms with E-state index in [1.54, 1.807) is 37.3 Å². The second-order valence-corrected chi connectivity index (χ2v) is 7.04. The van der Waals surface area contributed by atoms with Gasteiger partial charge in [0.1, 0.15) is 11.5 Å². The highest BCUT2D eigenvalue weighted by atomic mass is 16.5. The van der Waals surface area contributed by atoms with Crippen molar-refractivity contribution in [3.05, 3.63) is 59.8 Å². The topological polar surface area (TPSA) is 82.4 Å². The third-order valence-electron chi connectivity index (χ3n) is 4.89. The van der Waals surface area contributed by atoms with Gasteiger partial charge in [0, 0.05) is 31.5 Å². The van der Waals surface area contributed by atoms with Crippen LogP contribution in [0, 0.1) is 6.92 Å². The molecule has 4 rings (SSSR count). The largest absolute Gasteiger partial charge is 0.497 e. The summed E-state index contributed by atoms with van der Waals surface area (Å²) in [6.45, 7) is 2.57. The van der Waals surface area contributed by atoms with Crippen LogP contribution in [0.5, 0.6) is 17.4 Å². The number of amides is 1. The molecule has 1 aliphatic rings. The summed E-state index contributed by atoms with van der Waals surface area (Å²) in [5, 5.41) is 4.10. The minimum atomic E-state index is -0.180. The lowest BCUT2D eigenvalue weighted by molar-refractivity contribution is 0.0729. The van der Waals surface area contributed by atoms with Crippen molar-refractivity contribution >= 4 is 5.91 Å². The number of rotatable bonds is 5. The fourth-order valence-electron chi connectivity index (χ4n) is 3.50. The summed E-state index contributed by atoms with van der Waals surface area (Å²) in [6, 6.07) is 8.91. The molecule has 3 aromatic rings. The average molecular weight is 393 g/mol. The molecule has 1 atom stereocenters. The Labute approximate surface area is 169 Å². The predicted octanol–water partition coefficient (Wildman–Crippen LogP) is 3.30. The third kappa shape index (κ3) is 4.06.